The molecule has 1 aromatic heterocycles. The Morgan fingerprint density at radius 3 is 2.56 bits per heavy atom. The molecular formula is C16H20N4O4S. The lowest BCUT2D eigenvalue weighted by atomic mass is 10.1. The summed E-state index contributed by atoms with van der Waals surface area (Å²) in [5, 5.41) is 3.18. The zero-order chi connectivity index (χ0) is 18.3. The minimum Gasteiger partial charge on any atom is -0.380 e. The molecular weight excluding hydrogens is 344 g/mol. The van der Waals surface area contributed by atoms with Crippen molar-refractivity contribution in [3.05, 3.63) is 59.9 Å². The second-order valence-corrected chi connectivity index (χ2v) is 7.12. The highest BCUT2D eigenvalue weighted by molar-refractivity contribution is 7.88. The molecule has 0 saturated carbocycles. The van der Waals surface area contributed by atoms with Gasteiger partial charge in [-0.25, -0.2) is 13.9 Å². The molecule has 0 saturated heterocycles. The fraction of sp³-hybridized carbons (Fsp3) is 0.250. The first-order chi connectivity index (χ1) is 11.8. The maximum absolute atomic E-state index is 12.3. The number of carbonyl (C=O) groups is 1. The van der Waals surface area contributed by atoms with Gasteiger partial charge in [0.2, 0.25) is 10.0 Å². The van der Waals surface area contributed by atoms with Gasteiger partial charge in [0.05, 0.1) is 11.8 Å². The highest BCUT2D eigenvalue weighted by atomic mass is 32.2. The number of hydroxylamine groups is 1. The highest BCUT2D eigenvalue weighted by Crippen LogP contribution is 2.16. The SMILES string of the molecule is CC(NS(C)(=O)=O)ONC(=O)c1ccccc1NCc1ccncc1. The Hall–Kier alpha value is -2.49. The van der Waals surface area contributed by atoms with Crippen LogP contribution in [0, 0.1) is 0 Å². The van der Waals surface area contributed by atoms with E-state index >= 15 is 0 Å². The van der Waals surface area contributed by atoms with Crippen LogP contribution in [0.1, 0.15) is 22.8 Å². The second kappa shape index (κ2) is 8.56. The molecule has 2 aromatic rings. The molecule has 1 unspecified atom stereocenters. The quantitative estimate of drug-likeness (QED) is 0.480. The van der Waals surface area contributed by atoms with Crippen LogP contribution in [0.2, 0.25) is 0 Å². The molecule has 134 valence electrons. The first kappa shape index (κ1) is 18.8. The number of carbonyl (C=O) groups excluding carboxylic acids is 1. The first-order valence-corrected chi connectivity index (χ1v) is 9.39. The molecule has 0 spiro atoms. The van der Waals surface area contributed by atoms with Crippen LogP contribution in [-0.2, 0) is 21.4 Å². The van der Waals surface area contributed by atoms with Gasteiger partial charge in [0.25, 0.3) is 5.91 Å². The van der Waals surface area contributed by atoms with Crippen molar-refractivity contribution in [2.24, 2.45) is 0 Å². The molecule has 25 heavy (non-hydrogen) atoms. The van der Waals surface area contributed by atoms with Gasteiger partial charge in [-0.15, -0.1) is 0 Å². The molecule has 8 nitrogen and oxygen atoms in total. The molecule has 2 rings (SSSR count). The summed E-state index contributed by atoms with van der Waals surface area (Å²) >= 11 is 0. The van der Waals surface area contributed by atoms with E-state index in [1.54, 1.807) is 36.7 Å². The minimum atomic E-state index is -3.43. The van der Waals surface area contributed by atoms with E-state index in [1.165, 1.54) is 6.92 Å². The van der Waals surface area contributed by atoms with Gasteiger partial charge in [-0.2, -0.15) is 4.72 Å². The summed E-state index contributed by atoms with van der Waals surface area (Å²) in [6, 6.07) is 10.7. The molecule has 3 N–H and O–H groups in total. The zero-order valence-electron chi connectivity index (χ0n) is 13.9. The number of para-hydroxylation sites is 1. The number of nitrogens with one attached hydrogen (secondary N) is 3. The van der Waals surface area contributed by atoms with Crippen molar-refractivity contribution in [1.29, 1.82) is 0 Å². The Bertz CT molecular complexity index is 812. The van der Waals surface area contributed by atoms with Crippen molar-refractivity contribution in [3.8, 4) is 0 Å². The molecule has 0 aliphatic rings. The number of nitrogens with zero attached hydrogens (tertiary/aromatic N) is 1. The molecule has 0 aliphatic carbocycles. The van der Waals surface area contributed by atoms with Gasteiger partial charge >= 0.3 is 0 Å². The van der Waals surface area contributed by atoms with Crippen LogP contribution in [0.25, 0.3) is 0 Å². The predicted octanol–water partition coefficient (Wildman–Crippen LogP) is 1.25. The number of aromatic nitrogens is 1. The molecule has 0 bridgehead atoms. The van der Waals surface area contributed by atoms with Crippen LogP contribution in [0.4, 0.5) is 5.69 Å². The Morgan fingerprint density at radius 1 is 1.20 bits per heavy atom. The van der Waals surface area contributed by atoms with E-state index in [9.17, 15) is 13.2 Å². The standard InChI is InChI=1S/C16H20N4O4S/c1-12(20-25(2,22)23)24-19-16(21)14-5-3-4-6-15(14)18-11-13-7-9-17-10-8-13/h3-10,12,18,20H,11H2,1-2H3,(H,19,21). The van der Waals surface area contributed by atoms with Gasteiger partial charge in [0.1, 0.15) is 6.23 Å². The summed E-state index contributed by atoms with van der Waals surface area (Å²) in [4.78, 5) is 21.3. The third-order valence-electron chi connectivity index (χ3n) is 3.11. The van der Waals surface area contributed by atoms with Gasteiger partial charge in [-0.1, -0.05) is 12.1 Å². The van der Waals surface area contributed by atoms with E-state index in [1.807, 2.05) is 12.1 Å². The van der Waals surface area contributed by atoms with Crippen LogP contribution < -0.4 is 15.5 Å². The maximum Gasteiger partial charge on any atom is 0.276 e. The fourth-order valence-corrected chi connectivity index (χ4v) is 2.71. The Labute approximate surface area is 146 Å². The average Bonchev–Trinajstić information content (AvgIpc) is 2.57. The number of pyridine rings is 1. The fourth-order valence-electron chi connectivity index (χ4n) is 2.06. The number of hydrogen-bond acceptors (Lipinski definition) is 6. The number of amides is 1. The summed E-state index contributed by atoms with van der Waals surface area (Å²) in [6.45, 7) is 1.99. The highest BCUT2D eigenvalue weighted by Gasteiger charge is 2.14. The Balaban J connectivity index is 1.98. The first-order valence-electron chi connectivity index (χ1n) is 7.50. The van der Waals surface area contributed by atoms with Crippen LogP contribution >= 0.6 is 0 Å². The number of benzene rings is 1. The van der Waals surface area contributed by atoms with Crippen molar-refractivity contribution in [2.45, 2.75) is 19.7 Å². The van der Waals surface area contributed by atoms with Gasteiger partial charge in [0.15, 0.2) is 0 Å². The number of hydrogen-bond donors (Lipinski definition) is 3. The third kappa shape index (κ3) is 6.49. The summed E-state index contributed by atoms with van der Waals surface area (Å²) in [5.41, 5.74) is 4.27. The largest absolute Gasteiger partial charge is 0.380 e. The molecule has 9 heteroatoms. The van der Waals surface area contributed by atoms with Gasteiger partial charge in [-0.3, -0.25) is 14.6 Å². The van der Waals surface area contributed by atoms with Crippen molar-refractivity contribution in [1.82, 2.24) is 15.2 Å². The van der Waals surface area contributed by atoms with E-state index in [0.717, 1.165) is 11.8 Å². The summed E-state index contributed by atoms with van der Waals surface area (Å²) in [5.74, 6) is -0.486. The topological polar surface area (TPSA) is 109 Å². The number of sulfonamides is 1. The van der Waals surface area contributed by atoms with Gasteiger partial charge < -0.3 is 5.32 Å². The van der Waals surface area contributed by atoms with Crippen molar-refractivity contribution < 1.29 is 18.0 Å². The molecule has 1 heterocycles. The van der Waals surface area contributed by atoms with Crippen LogP contribution in [-0.4, -0.2) is 31.8 Å². The van der Waals surface area contributed by atoms with Crippen LogP contribution in [0.3, 0.4) is 0 Å². The van der Waals surface area contributed by atoms with Gasteiger partial charge in [0, 0.05) is 24.6 Å². The molecule has 0 aliphatic heterocycles. The van der Waals surface area contributed by atoms with Crippen LogP contribution in [0.15, 0.2) is 48.8 Å². The summed E-state index contributed by atoms with van der Waals surface area (Å²) in [6.07, 6.45) is 3.50. The third-order valence-corrected chi connectivity index (χ3v) is 3.87. The van der Waals surface area contributed by atoms with Crippen molar-refractivity contribution in [2.75, 3.05) is 11.6 Å². The minimum absolute atomic E-state index is 0.378. The monoisotopic (exact) mass is 364 g/mol. The van der Waals surface area contributed by atoms with E-state index < -0.39 is 22.2 Å². The second-order valence-electron chi connectivity index (χ2n) is 5.34. The average molecular weight is 364 g/mol. The predicted molar refractivity (Wildman–Crippen MR) is 94.0 cm³/mol. The summed E-state index contributed by atoms with van der Waals surface area (Å²) < 4.78 is 24.4. The lowest BCUT2D eigenvalue weighted by Gasteiger charge is -2.15. The van der Waals surface area contributed by atoms with E-state index in [2.05, 4.69) is 20.5 Å². The summed E-state index contributed by atoms with van der Waals surface area (Å²) in [7, 11) is -3.43. The Kier molecular flexibility index (Phi) is 6.45. The lowest BCUT2D eigenvalue weighted by molar-refractivity contribution is -0.0122. The van der Waals surface area contributed by atoms with Gasteiger partial charge in [-0.05, 0) is 36.8 Å². The smallest absolute Gasteiger partial charge is 0.276 e. The van der Waals surface area contributed by atoms with Crippen LogP contribution in [0.5, 0.6) is 0 Å². The lowest BCUT2D eigenvalue weighted by Crippen LogP contribution is -2.39. The van der Waals surface area contributed by atoms with E-state index in [4.69, 9.17) is 4.84 Å². The normalized spacial score (nSPS) is 12.4. The molecule has 1 aromatic carbocycles. The molecule has 0 fully saturated rings. The van der Waals surface area contributed by atoms with E-state index in [-0.39, 0.29) is 0 Å². The molecule has 0 radical (unpaired) electrons. The van der Waals surface area contributed by atoms with Crippen molar-refractivity contribution >= 4 is 21.6 Å². The number of rotatable bonds is 8. The number of anilines is 1. The zero-order valence-corrected chi connectivity index (χ0v) is 14.7. The molecule has 1 amide bonds. The van der Waals surface area contributed by atoms with E-state index in [0.29, 0.717) is 17.8 Å². The maximum atomic E-state index is 12.3. The molecule has 1 atom stereocenters. The Morgan fingerprint density at radius 2 is 1.88 bits per heavy atom. The van der Waals surface area contributed by atoms with Crippen molar-refractivity contribution in [3.63, 3.8) is 0 Å².